The Morgan fingerprint density at radius 1 is 1.73 bits per heavy atom. The van der Waals surface area contributed by atoms with Crippen molar-refractivity contribution in [2.75, 3.05) is 20.6 Å². The predicted molar refractivity (Wildman–Crippen MR) is 65.4 cm³/mol. The Labute approximate surface area is 91.8 Å². The van der Waals surface area contributed by atoms with E-state index in [0.29, 0.717) is 0 Å². The Bertz CT molecular complexity index is 293. The van der Waals surface area contributed by atoms with E-state index in [0.717, 1.165) is 18.0 Å². The summed E-state index contributed by atoms with van der Waals surface area (Å²) in [5.74, 6) is 1.12. The fourth-order valence-electron chi connectivity index (χ4n) is 1.74. The van der Waals surface area contributed by atoms with Crippen LogP contribution < -0.4 is 5.32 Å². The molecule has 0 amide bonds. The number of nitrogens with one attached hydrogen (secondary N) is 1. The zero-order valence-corrected chi connectivity index (χ0v) is 9.99. The fraction of sp³-hybridized carbons (Fsp3) is 0.636. The van der Waals surface area contributed by atoms with Gasteiger partial charge in [0, 0.05) is 7.05 Å². The van der Waals surface area contributed by atoms with Gasteiger partial charge in [-0.15, -0.1) is 0 Å². The molecule has 4 nitrogen and oxygen atoms in total. The molecule has 0 aliphatic carbocycles. The van der Waals surface area contributed by atoms with Crippen LogP contribution in [-0.4, -0.2) is 43.9 Å². The van der Waals surface area contributed by atoms with Crippen molar-refractivity contribution >= 4 is 12.2 Å². The third kappa shape index (κ3) is 2.45. The zero-order valence-electron chi connectivity index (χ0n) is 9.99. The van der Waals surface area contributed by atoms with Crippen LogP contribution in [0.3, 0.4) is 0 Å². The average Bonchev–Trinajstić information content (AvgIpc) is 2.26. The maximum Gasteiger partial charge on any atom is 0.117 e. The fourth-order valence-corrected chi connectivity index (χ4v) is 1.74. The SMILES string of the molecule is C=C(C)C1C(=NC)NC=NC1N(C)CC. The van der Waals surface area contributed by atoms with E-state index in [2.05, 4.69) is 40.8 Å². The zero-order chi connectivity index (χ0) is 11.4. The van der Waals surface area contributed by atoms with Crippen molar-refractivity contribution in [3.8, 4) is 0 Å². The molecule has 0 saturated heterocycles. The van der Waals surface area contributed by atoms with Gasteiger partial charge in [-0.2, -0.15) is 0 Å². The van der Waals surface area contributed by atoms with E-state index in [-0.39, 0.29) is 12.1 Å². The molecule has 1 rings (SSSR count). The summed E-state index contributed by atoms with van der Waals surface area (Å²) in [6.45, 7) is 9.13. The second-order valence-corrected chi connectivity index (χ2v) is 3.84. The molecule has 2 unspecified atom stereocenters. The normalized spacial score (nSPS) is 28.2. The van der Waals surface area contributed by atoms with Crippen LogP contribution in [0.5, 0.6) is 0 Å². The minimum Gasteiger partial charge on any atom is -0.335 e. The molecular formula is C11H20N4. The summed E-state index contributed by atoms with van der Waals surface area (Å²) in [5, 5.41) is 3.08. The predicted octanol–water partition coefficient (Wildman–Crippen LogP) is 1.12. The van der Waals surface area contributed by atoms with Crippen LogP contribution >= 0.6 is 0 Å². The van der Waals surface area contributed by atoms with Gasteiger partial charge in [0.25, 0.3) is 0 Å². The van der Waals surface area contributed by atoms with Gasteiger partial charge < -0.3 is 5.32 Å². The minimum absolute atomic E-state index is 0.118. The van der Waals surface area contributed by atoms with Crippen molar-refractivity contribution in [3.05, 3.63) is 12.2 Å². The van der Waals surface area contributed by atoms with Crippen LogP contribution in [0, 0.1) is 5.92 Å². The van der Waals surface area contributed by atoms with Crippen LogP contribution in [0.4, 0.5) is 0 Å². The molecule has 0 radical (unpaired) electrons. The van der Waals surface area contributed by atoms with Crippen LogP contribution in [0.2, 0.25) is 0 Å². The van der Waals surface area contributed by atoms with E-state index in [1.54, 1.807) is 13.4 Å². The first-order valence-electron chi connectivity index (χ1n) is 5.22. The number of nitrogens with zero attached hydrogens (tertiary/aromatic N) is 3. The topological polar surface area (TPSA) is 40.0 Å². The first-order valence-corrected chi connectivity index (χ1v) is 5.22. The van der Waals surface area contributed by atoms with E-state index in [1.807, 2.05) is 6.92 Å². The lowest BCUT2D eigenvalue weighted by molar-refractivity contribution is 0.233. The highest BCUT2D eigenvalue weighted by Gasteiger charge is 2.31. The first-order chi connectivity index (χ1) is 7.11. The molecular weight excluding hydrogens is 188 g/mol. The molecule has 0 fully saturated rings. The first kappa shape index (κ1) is 11.9. The molecule has 0 aromatic carbocycles. The summed E-state index contributed by atoms with van der Waals surface area (Å²) in [6, 6.07) is 0. The second kappa shape index (κ2) is 5.07. The highest BCUT2D eigenvalue weighted by molar-refractivity contribution is 5.97. The Balaban J connectivity index is 2.98. The molecule has 0 bridgehead atoms. The number of hydrogen-bond acceptors (Lipinski definition) is 3. The van der Waals surface area contributed by atoms with E-state index in [9.17, 15) is 0 Å². The summed E-state index contributed by atoms with van der Waals surface area (Å²) in [6.07, 6.45) is 1.84. The molecule has 15 heavy (non-hydrogen) atoms. The maximum absolute atomic E-state index is 4.45. The molecule has 4 heteroatoms. The summed E-state index contributed by atoms with van der Waals surface area (Å²) in [5.41, 5.74) is 1.09. The Morgan fingerprint density at radius 3 is 2.87 bits per heavy atom. The van der Waals surface area contributed by atoms with E-state index >= 15 is 0 Å². The largest absolute Gasteiger partial charge is 0.335 e. The molecule has 1 aliphatic rings. The highest BCUT2D eigenvalue weighted by Crippen LogP contribution is 2.21. The molecule has 1 N–H and O–H groups in total. The minimum atomic E-state index is 0.118. The van der Waals surface area contributed by atoms with Gasteiger partial charge in [0.15, 0.2) is 0 Å². The van der Waals surface area contributed by atoms with Gasteiger partial charge in [-0.05, 0) is 20.5 Å². The second-order valence-electron chi connectivity index (χ2n) is 3.84. The summed E-state index contributed by atoms with van der Waals surface area (Å²) >= 11 is 0. The number of amidine groups is 1. The quantitative estimate of drug-likeness (QED) is 0.706. The van der Waals surface area contributed by atoms with Crippen LogP contribution in [-0.2, 0) is 0 Å². The number of rotatable bonds is 3. The standard InChI is InChI=1S/C11H20N4/c1-6-15(5)11-9(8(2)3)10(12-4)13-7-14-11/h7,9,11H,2,6H2,1,3-5H3,(H,12,13,14). The van der Waals surface area contributed by atoms with Gasteiger partial charge >= 0.3 is 0 Å². The maximum atomic E-state index is 4.45. The highest BCUT2D eigenvalue weighted by atomic mass is 15.3. The van der Waals surface area contributed by atoms with Crippen molar-refractivity contribution in [1.82, 2.24) is 10.2 Å². The lowest BCUT2D eigenvalue weighted by Crippen LogP contribution is -2.48. The van der Waals surface area contributed by atoms with Crippen molar-refractivity contribution in [2.24, 2.45) is 15.9 Å². The lowest BCUT2D eigenvalue weighted by atomic mass is 9.95. The van der Waals surface area contributed by atoms with Gasteiger partial charge in [0.1, 0.15) is 12.0 Å². The Kier molecular flexibility index (Phi) is 4.03. The molecule has 1 aliphatic heterocycles. The Morgan fingerprint density at radius 2 is 2.40 bits per heavy atom. The van der Waals surface area contributed by atoms with Crippen molar-refractivity contribution in [2.45, 2.75) is 20.0 Å². The smallest absolute Gasteiger partial charge is 0.117 e. The molecule has 1 heterocycles. The van der Waals surface area contributed by atoms with E-state index in [1.165, 1.54) is 0 Å². The van der Waals surface area contributed by atoms with Crippen LogP contribution in [0.1, 0.15) is 13.8 Å². The molecule has 0 aromatic rings. The third-order valence-electron chi connectivity index (χ3n) is 2.75. The summed E-state index contributed by atoms with van der Waals surface area (Å²) in [4.78, 5) is 10.9. The Hall–Kier alpha value is -1.16. The van der Waals surface area contributed by atoms with Gasteiger partial charge in [-0.25, -0.2) is 0 Å². The molecule has 0 spiro atoms. The number of aliphatic imine (C=N–C) groups is 2. The molecule has 0 aromatic heterocycles. The number of hydrogen-bond donors (Lipinski definition) is 1. The molecule has 0 saturated carbocycles. The van der Waals surface area contributed by atoms with Crippen molar-refractivity contribution in [1.29, 1.82) is 0 Å². The van der Waals surface area contributed by atoms with Gasteiger partial charge in [0.05, 0.1) is 12.3 Å². The summed E-state index contributed by atoms with van der Waals surface area (Å²) < 4.78 is 0. The lowest BCUT2D eigenvalue weighted by Gasteiger charge is -2.34. The van der Waals surface area contributed by atoms with Crippen molar-refractivity contribution < 1.29 is 0 Å². The summed E-state index contributed by atoms with van der Waals surface area (Å²) in [7, 11) is 3.86. The average molecular weight is 208 g/mol. The van der Waals surface area contributed by atoms with Crippen molar-refractivity contribution in [3.63, 3.8) is 0 Å². The van der Waals surface area contributed by atoms with Gasteiger partial charge in [-0.3, -0.25) is 14.9 Å². The van der Waals surface area contributed by atoms with Crippen LogP contribution in [0.15, 0.2) is 22.1 Å². The third-order valence-corrected chi connectivity index (χ3v) is 2.75. The van der Waals surface area contributed by atoms with Gasteiger partial charge in [-0.1, -0.05) is 19.1 Å². The van der Waals surface area contributed by atoms with Crippen LogP contribution in [0.25, 0.3) is 0 Å². The molecule has 84 valence electrons. The van der Waals surface area contributed by atoms with E-state index in [4.69, 9.17) is 0 Å². The van der Waals surface area contributed by atoms with Gasteiger partial charge in [0.2, 0.25) is 0 Å². The van der Waals surface area contributed by atoms with E-state index < -0.39 is 0 Å². The monoisotopic (exact) mass is 208 g/mol. The molecule has 2 atom stereocenters.